The maximum atomic E-state index is 5.68. The van der Waals surface area contributed by atoms with Gasteiger partial charge >= 0.3 is 0 Å². The van der Waals surface area contributed by atoms with Crippen LogP contribution in [0, 0.1) is 0 Å². The topological polar surface area (TPSA) is 54.7 Å². The van der Waals surface area contributed by atoms with Crippen molar-refractivity contribution < 1.29 is 0 Å². The lowest BCUT2D eigenvalue weighted by molar-refractivity contribution is 0.554. The highest BCUT2D eigenvalue weighted by molar-refractivity contribution is 5.79. The molecule has 1 aromatic heterocycles. The van der Waals surface area contributed by atoms with E-state index in [0.717, 1.165) is 22.4 Å². The van der Waals surface area contributed by atoms with Gasteiger partial charge in [0.05, 0.1) is 11.0 Å². The Bertz CT molecular complexity index is 477. The average molecular weight is 203 g/mol. The fourth-order valence-corrected chi connectivity index (χ4v) is 1.61. The lowest BCUT2D eigenvalue weighted by atomic mass is 9.96. The minimum atomic E-state index is 0.0465. The molecule has 3 heteroatoms. The van der Waals surface area contributed by atoms with Crippen molar-refractivity contribution >= 4 is 11.0 Å². The first-order valence-electron chi connectivity index (χ1n) is 5.20. The Labute approximate surface area is 89.7 Å². The summed E-state index contributed by atoms with van der Waals surface area (Å²) >= 11 is 0. The third-order valence-electron chi connectivity index (χ3n) is 2.53. The van der Waals surface area contributed by atoms with E-state index in [2.05, 4.69) is 30.7 Å². The van der Waals surface area contributed by atoms with Gasteiger partial charge in [0, 0.05) is 12.0 Å². The number of fused-ring (bicyclic) bond motifs is 1. The lowest BCUT2D eigenvalue weighted by Crippen LogP contribution is -2.13. The maximum absolute atomic E-state index is 5.68. The first kappa shape index (κ1) is 10.2. The van der Waals surface area contributed by atoms with Crippen LogP contribution in [0.5, 0.6) is 0 Å². The predicted molar refractivity (Wildman–Crippen MR) is 62.7 cm³/mol. The molecule has 15 heavy (non-hydrogen) atoms. The summed E-state index contributed by atoms with van der Waals surface area (Å²) in [6, 6.07) is 6.07. The minimum Gasteiger partial charge on any atom is -0.342 e. The number of imidazole rings is 1. The van der Waals surface area contributed by atoms with Gasteiger partial charge in [0.1, 0.15) is 5.82 Å². The fraction of sp³-hybridized carbons (Fsp3) is 0.417. The van der Waals surface area contributed by atoms with Crippen molar-refractivity contribution in [2.24, 2.45) is 5.73 Å². The van der Waals surface area contributed by atoms with Crippen LogP contribution in [0.3, 0.4) is 0 Å². The molecule has 0 atom stereocenters. The van der Waals surface area contributed by atoms with Crippen LogP contribution in [0.2, 0.25) is 0 Å². The van der Waals surface area contributed by atoms with Crippen LogP contribution in [0.4, 0.5) is 0 Å². The molecule has 0 unspecified atom stereocenters. The second kappa shape index (κ2) is 3.35. The van der Waals surface area contributed by atoms with Gasteiger partial charge in [0.25, 0.3) is 0 Å². The van der Waals surface area contributed by atoms with E-state index in [-0.39, 0.29) is 5.41 Å². The highest BCUT2D eigenvalue weighted by Gasteiger charge is 2.18. The lowest BCUT2D eigenvalue weighted by Gasteiger charge is -2.13. The second-order valence-corrected chi connectivity index (χ2v) is 4.85. The first-order chi connectivity index (χ1) is 7.02. The highest BCUT2D eigenvalue weighted by atomic mass is 14.9. The average Bonchev–Trinajstić information content (AvgIpc) is 2.59. The Kier molecular flexibility index (Phi) is 2.27. The van der Waals surface area contributed by atoms with Crippen molar-refractivity contribution in [2.75, 3.05) is 0 Å². The number of para-hydroxylation sites is 1. The van der Waals surface area contributed by atoms with Crippen LogP contribution >= 0.6 is 0 Å². The number of aromatic amines is 1. The van der Waals surface area contributed by atoms with Crippen LogP contribution in [-0.2, 0) is 12.0 Å². The Balaban J connectivity index is 2.65. The van der Waals surface area contributed by atoms with Gasteiger partial charge in [-0.2, -0.15) is 0 Å². The van der Waals surface area contributed by atoms with E-state index >= 15 is 0 Å². The van der Waals surface area contributed by atoms with E-state index < -0.39 is 0 Å². The van der Waals surface area contributed by atoms with Gasteiger partial charge in [-0.1, -0.05) is 32.9 Å². The Morgan fingerprint density at radius 3 is 2.67 bits per heavy atom. The van der Waals surface area contributed by atoms with Gasteiger partial charge in [-0.05, 0) is 11.6 Å². The zero-order chi connectivity index (χ0) is 11.1. The maximum Gasteiger partial charge on any atom is 0.112 e. The zero-order valence-electron chi connectivity index (χ0n) is 9.46. The number of aromatic nitrogens is 2. The summed E-state index contributed by atoms with van der Waals surface area (Å²) in [5, 5.41) is 0. The molecule has 0 saturated heterocycles. The molecule has 80 valence electrons. The predicted octanol–water partition coefficient (Wildman–Crippen LogP) is 2.32. The summed E-state index contributed by atoms with van der Waals surface area (Å²) in [5.74, 6) is 1.01. The molecule has 2 aromatic rings. The van der Waals surface area contributed by atoms with Gasteiger partial charge in [-0.3, -0.25) is 0 Å². The van der Waals surface area contributed by atoms with E-state index in [1.165, 1.54) is 0 Å². The molecule has 3 nitrogen and oxygen atoms in total. The SMILES string of the molecule is CC(C)(C)c1nc2c(CN)cccc2[nH]1. The van der Waals surface area contributed by atoms with Gasteiger partial charge in [-0.25, -0.2) is 4.98 Å². The molecule has 0 fully saturated rings. The quantitative estimate of drug-likeness (QED) is 0.747. The normalized spacial score (nSPS) is 12.3. The molecule has 0 aliphatic rings. The summed E-state index contributed by atoms with van der Waals surface area (Å²) in [6.45, 7) is 6.97. The van der Waals surface area contributed by atoms with Gasteiger partial charge in [0.2, 0.25) is 0 Å². The van der Waals surface area contributed by atoms with E-state index in [1.54, 1.807) is 0 Å². The molecule has 0 radical (unpaired) electrons. The summed E-state index contributed by atoms with van der Waals surface area (Å²) < 4.78 is 0. The van der Waals surface area contributed by atoms with E-state index in [9.17, 15) is 0 Å². The number of benzene rings is 1. The summed E-state index contributed by atoms with van der Waals surface area (Å²) in [6.07, 6.45) is 0. The third-order valence-corrected chi connectivity index (χ3v) is 2.53. The fourth-order valence-electron chi connectivity index (χ4n) is 1.61. The molecule has 0 aliphatic heterocycles. The molecule has 2 rings (SSSR count). The van der Waals surface area contributed by atoms with Crippen LogP contribution < -0.4 is 5.73 Å². The molecule has 0 spiro atoms. The molecule has 1 aromatic carbocycles. The Morgan fingerprint density at radius 2 is 2.07 bits per heavy atom. The standard InChI is InChI=1S/C12H17N3/c1-12(2,3)11-14-9-6-4-5-8(7-13)10(9)15-11/h4-6H,7,13H2,1-3H3,(H,14,15). The van der Waals surface area contributed by atoms with Crippen molar-refractivity contribution in [2.45, 2.75) is 32.7 Å². The molecule has 0 saturated carbocycles. The summed E-state index contributed by atoms with van der Waals surface area (Å²) in [4.78, 5) is 7.96. The second-order valence-electron chi connectivity index (χ2n) is 4.85. The van der Waals surface area contributed by atoms with E-state index in [0.29, 0.717) is 6.54 Å². The van der Waals surface area contributed by atoms with Gasteiger partial charge in [-0.15, -0.1) is 0 Å². The first-order valence-corrected chi connectivity index (χ1v) is 5.20. The van der Waals surface area contributed by atoms with Crippen LogP contribution in [-0.4, -0.2) is 9.97 Å². The molecular weight excluding hydrogens is 186 g/mol. The van der Waals surface area contributed by atoms with Gasteiger partial charge in [0.15, 0.2) is 0 Å². The molecule has 0 amide bonds. The van der Waals surface area contributed by atoms with Crippen molar-refractivity contribution in [3.05, 3.63) is 29.6 Å². The number of nitrogens with one attached hydrogen (secondary N) is 1. The largest absolute Gasteiger partial charge is 0.342 e. The third kappa shape index (κ3) is 1.75. The number of rotatable bonds is 1. The van der Waals surface area contributed by atoms with Crippen molar-refractivity contribution in [1.29, 1.82) is 0 Å². The smallest absolute Gasteiger partial charge is 0.112 e. The van der Waals surface area contributed by atoms with Crippen molar-refractivity contribution in [1.82, 2.24) is 9.97 Å². The van der Waals surface area contributed by atoms with Crippen LogP contribution in [0.15, 0.2) is 18.2 Å². The van der Waals surface area contributed by atoms with Crippen molar-refractivity contribution in [3.63, 3.8) is 0 Å². The summed E-state index contributed by atoms with van der Waals surface area (Å²) in [5.41, 5.74) is 8.90. The monoisotopic (exact) mass is 203 g/mol. The number of hydrogen-bond donors (Lipinski definition) is 2. The number of hydrogen-bond acceptors (Lipinski definition) is 2. The van der Waals surface area contributed by atoms with Crippen LogP contribution in [0.25, 0.3) is 11.0 Å². The van der Waals surface area contributed by atoms with E-state index in [4.69, 9.17) is 5.73 Å². The number of H-pyrrole nitrogens is 1. The molecule has 1 heterocycles. The molecule has 0 aliphatic carbocycles. The van der Waals surface area contributed by atoms with Gasteiger partial charge < -0.3 is 10.7 Å². The summed E-state index contributed by atoms with van der Waals surface area (Å²) in [7, 11) is 0. The van der Waals surface area contributed by atoms with E-state index in [1.807, 2.05) is 18.2 Å². The molecule has 3 N–H and O–H groups in total. The molecular formula is C12H17N3. The highest BCUT2D eigenvalue weighted by Crippen LogP contribution is 2.23. The van der Waals surface area contributed by atoms with Crippen LogP contribution in [0.1, 0.15) is 32.2 Å². The Hall–Kier alpha value is -1.35. The van der Waals surface area contributed by atoms with Crippen molar-refractivity contribution in [3.8, 4) is 0 Å². The minimum absolute atomic E-state index is 0.0465. The number of nitrogens with zero attached hydrogens (tertiary/aromatic N) is 1. The Morgan fingerprint density at radius 1 is 1.33 bits per heavy atom. The zero-order valence-corrected chi connectivity index (χ0v) is 9.46. The number of nitrogens with two attached hydrogens (primary N) is 1. The molecule has 0 bridgehead atoms.